The van der Waals surface area contributed by atoms with E-state index < -0.39 is 11.1 Å². The van der Waals surface area contributed by atoms with Crippen LogP contribution >= 0.6 is 0 Å². The molecule has 3 atom stereocenters. The van der Waals surface area contributed by atoms with Gasteiger partial charge < -0.3 is 0 Å². The number of benzene rings is 1. The van der Waals surface area contributed by atoms with Gasteiger partial charge in [-0.3, -0.25) is 0 Å². The zero-order chi connectivity index (χ0) is 19.8. The first-order valence-electron chi connectivity index (χ1n) is 9.44. The molecule has 1 aromatic carbocycles. The Morgan fingerprint density at radius 2 is 1.50 bits per heavy atom. The van der Waals surface area contributed by atoms with Gasteiger partial charge in [0, 0.05) is 0 Å². The van der Waals surface area contributed by atoms with E-state index in [1.54, 1.807) is 6.92 Å². The predicted octanol–water partition coefficient (Wildman–Crippen LogP) is 6.02. The highest BCUT2D eigenvalue weighted by Crippen LogP contribution is 2.28. The second-order valence-electron chi connectivity index (χ2n) is 8.34. The van der Waals surface area contributed by atoms with Crippen LogP contribution in [0.25, 0.3) is 0 Å². The lowest BCUT2D eigenvalue weighted by atomic mass is 9.87. The van der Waals surface area contributed by atoms with Crippen molar-refractivity contribution in [2.75, 3.05) is 0 Å². The number of azo groups is 1. The van der Waals surface area contributed by atoms with Gasteiger partial charge >= 0.3 is 0 Å². The molecule has 0 saturated carbocycles. The van der Waals surface area contributed by atoms with Crippen molar-refractivity contribution in [3.8, 4) is 12.1 Å². The van der Waals surface area contributed by atoms with E-state index in [1.165, 1.54) is 11.1 Å². The molecule has 0 heterocycles. The van der Waals surface area contributed by atoms with Crippen LogP contribution in [-0.2, 0) is 6.42 Å². The third-order valence-electron chi connectivity index (χ3n) is 4.69. The molecule has 0 aliphatic carbocycles. The summed E-state index contributed by atoms with van der Waals surface area (Å²) in [5.41, 5.74) is 0.909. The highest BCUT2D eigenvalue weighted by Gasteiger charge is 2.30. The first kappa shape index (κ1) is 21.8. The molecule has 0 bridgehead atoms. The summed E-state index contributed by atoms with van der Waals surface area (Å²) >= 11 is 0. The zero-order valence-corrected chi connectivity index (χ0v) is 17.1. The van der Waals surface area contributed by atoms with E-state index in [1.807, 2.05) is 6.92 Å². The van der Waals surface area contributed by atoms with Gasteiger partial charge in [-0.05, 0) is 69.4 Å². The van der Waals surface area contributed by atoms with Crippen molar-refractivity contribution < 1.29 is 0 Å². The molecule has 0 aromatic heterocycles. The Kier molecular flexibility index (Phi) is 7.97. The Morgan fingerprint density at radius 3 is 2.00 bits per heavy atom. The van der Waals surface area contributed by atoms with Crippen molar-refractivity contribution in [1.82, 2.24) is 0 Å². The summed E-state index contributed by atoms with van der Waals surface area (Å²) < 4.78 is 0. The molecule has 0 fully saturated rings. The fraction of sp³-hybridized carbons (Fsp3) is 0.636. The smallest absolute Gasteiger partial charge is 0.165 e. The van der Waals surface area contributed by atoms with E-state index >= 15 is 0 Å². The minimum atomic E-state index is -0.889. The van der Waals surface area contributed by atoms with Crippen LogP contribution in [0, 0.1) is 41.4 Å². The Bertz CT molecular complexity index is 695. The molecule has 1 rings (SSSR count). The van der Waals surface area contributed by atoms with Crippen LogP contribution in [0.4, 0.5) is 0 Å². The molecule has 0 saturated heterocycles. The van der Waals surface area contributed by atoms with Gasteiger partial charge in [0.25, 0.3) is 0 Å². The van der Waals surface area contributed by atoms with E-state index in [2.05, 4.69) is 74.3 Å². The highest BCUT2D eigenvalue weighted by molar-refractivity contribution is 5.25. The zero-order valence-electron chi connectivity index (χ0n) is 17.1. The maximum atomic E-state index is 9.63. The Labute approximate surface area is 159 Å². The molecule has 26 heavy (non-hydrogen) atoms. The van der Waals surface area contributed by atoms with Crippen molar-refractivity contribution in [1.29, 1.82) is 10.5 Å². The maximum absolute atomic E-state index is 9.63. The molecule has 3 unspecified atom stereocenters. The van der Waals surface area contributed by atoms with Crippen LogP contribution < -0.4 is 0 Å². The van der Waals surface area contributed by atoms with Gasteiger partial charge in [-0.1, -0.05) is 45.0 Å². The van der Waals surface area contributed by atoms with Crippen molar-refractivity contribution in [2.45, 2.75) is 78.3 Å². The number of hydrogen-bond acceptors (Lipinski definition) is 4. The normalized spacial score (nSPS) is 17.3. The minimum Gasteiger partial charge on any atom is -0.196 e. The first-order valence-corrected chi connectivity index (χ1v) is 9.44. The second kappa shape index (κ2) is 9.48. The highest BCUT2D eigenvalue weighted by atomic mass is 15.2. The van der Waals surface area contributed by atoms with Crippen molar-refractivity contribution >= 4 is 0 Å². The fourth-order valence-electron chi connectivity index (χ4n) is 3.31. The summed E-state index contributed by atoms with van der Waals surface area (Å²) in [6.07, 6.45) is 3.27. The van der Waals surface area contributed by atoms with Gasteiger partial charge in [-0.15, -0.1) is 0 Å². The molecular weight excluding hydrogens is 320 g/mol. The molecule has 1 aromatic rings. The summed E-state index contributed by atoms with van der Waals surface area (Å²) in [6.45, 7) is 12.0. The lowest BCUT2D eigenvalue weighted by Crippen LogP contribution is -2.26. The van der Waals surface area contributed by atoms with E-state index in [9.17, 15) is 10.5 Å². The third kappa shape index (κ3) is 6.96. The fourth-order valence-corrected chi connectivity index (χ4v) is 3.31. The van der Waals surface area contributed by atoms with Crippen LogP contribution in [0.2, 0.25) is 0 Å². The summed E-state index contributed by atoms with van der Waals surface area (Å²) in [5.74, 6) is 0.691. The largest absolute Gasteiger partial charge is 0.196 e. The summed E-state index contributed by atoms with van der Waals surface area (Å²) in [7, 11) is 0. The lowest BCUT2D eigenvalue weighted by Gasteiger charge is -2.23. The van der Waals surface area contributed by atoms with E-state index in [0.717, 1.165) is 12.8 Å². The molecule has 0 radical (unpaired) electrons. The molecule has 0 aliphatic rings. The Balaban J connectivity index is 2.74. The third-order valence-corrected chi connectivity index (χ3v) is 4.69. The van der Waals surface area contributed by atoms with Crippen LogP contribution in [-0.4, -0.2) is 11.1 Å². The summed E-state index contributed by atoms with van der Waals surface area (Å²) in [4.78, 5) is 0. The van der Waals surface area contributed by atoms with E-state index in [4.69, 9.17) is 0 Å². The number of nitriles is 2. The predicted molar refractivity (Wildman–Crippen MR) is 106 cm³/mol. The standard InChI is InChI=1S/C22H32N4/c1-17(2)13-21(5,15-23)25-26-22(6,16-24)14-18(3)11-12-20-10-8-7-9-19(20)4/h7-10,17-18H,11-14H2,1-6H3. The number of hydrogen-bond donors (Lipinski definition) is 0. The number of rotatable bonds is 9. The van der Waals surface area contributed by atoms with Gasteiger partial charge in [0.05, 0.1) is 12.1 Å². The maximum Gasteiger partial charge on any atom is 0.165 e. The molecule has 0 aliphatic heterocycles. The SMILES string of the molecule is Cc1ccccc1CCC(C)CC(C)(C#N)N=NC(C)(C#N)CC(C)C. The topological polar surface area (TPSA) is 72.3 Å². The molecule has 140 valence electrons. The molecule has 4 nitrogen and oxygen atoms in total. The van der Waals surface area contributed by atoms with E-state index in [0.29, 0.717) is 24.7 Å². The van der Waals surface area contributed by atoms with Crippen LogP contribution in [0.3, 0.4) is 0 Å². The molecule has 0 N–H and O–H groups in total. The average Bonchev–Trinajstić information content (AvgIpc) is 2.59. The van der Waals surface area contributed by atoms with Gasteiger partial charge in [0.15, 0.2) is 11.1 Å². The van der Waals surface area contributed by atoms with Crippen molar-refractivity contribution in [3.63, 3.8) is 0 Å². The molecular formula is C22H32N4. The summed E-state index contributed by atoms with van der Waals surface area (Å²) in [5, 5.41) is 27.7. The second-order valence-corrected chi connectivity index (χ2v) is 8.34. The van der Waals surface area contributed by atoms with Gasteiger partial charge in [0.2, 0.25) is 0 Å². The van der Waals surface area contributed by atoms with E-state index in [-0.39, 0.29) is 0 Å². The lowest BCUT2D eigenvalue weighted by molar-refractivity contribution is 0.364. The first-order chi connectivity index (χ1) is 12.1. The minimum absolute atomic E-state index is 0.344. The Hall–Kier alpha value is -2.20. The number of nitrogens with zero attached hydrogens (tertiary/aromatic N) is 4. The molecule has 4 heteroatoms. The van der Waals surface area contributed by atoms with Crippen LogP contribution in [0.1, 0.15) is 65.0 Å². The van der Waals surface area contributed by atoms with Crippen LogP contribution in [0.5, 0.6) is 0 Å². The van der Waals surface area contributed by atoms with Gasteiger partial charge in [-0.25, -0.2) is 0 Å². The van der Waals surface area contributed by atoms with Gasteiger partial charge in [0.1, 0.15) is 0 Å². The van der Waals surface area contributed by atoms with Crippen LogP contribution in [0.15, 0.2) is 34.5 Å². The van der Waals surface area contributed by atoms with Crippen molar-refractivity contribution in [2.24, 2.45) is 22.1 Å². The monoisotopic (exact) mass is 352 g/mol. The molecule has 0 spiro atoms. The summed E-state index contributed by atoms with van der Waals surface area (Å²) in [6, 6.07) is 13.0. The molecule has 0 amide bonds. The average molecular weight is 353 g/mol. The quantitative estimate of drug-likeness (QED) is 0.510. The van der Waals surface area contributed by atoms with Crippen molar-refractivity contribution in [3.05, 3.63) is 35.4 Å². The number of aryl methyl sites for hydroxylation is 2. The van der Waals surface area contributed by atoms with Gasteiger partial charge in [-0.2, -0.15) is 20.8 Å². The Morgan fingerprint density at radius 1 is 0.962 bits per heavy atom.